The van der Waals surface area contributed by atoms with Crippen molar-refractivity contribution in [1.82, 2.24) is 4.72 Å². The van der Waals surface area contributed by atoms with E-state index in [1.807, 2.05) is 0 Å². The molecule has 0 bridgehead atoms. The maximum atomic E-state index is 12.3. The van der Waals surface area contributed by atoms with Crippen LogP contribution < -0.4 is 9.46 Å². The van der Waals surface area contributed by atoms with E-state index >= 15 is 0 Å². The second-order valence-corrected chi connectivity index (χ2v) is 6.72. The third kappa shape index (κ3) is 3.08. The van der Waals surface area contributed by atoms with Gasteiger partial charge in [0.25, 0.3) is 0 Å². The first-order valence-corrected chi connectivity index (χ1v) is 7.74. The van der Waals surface area contributed by atoms with E-state index in [0.717, 1.165) is 12.8 Å². The van der Waals surface area contributed by atoms with Gasteiger partial charge in [-0.2, -0.15) is 0 Å². The first kappa shape index (κ1) is 14.3. The number of methoxy groups -OCH3 is 1. The number of aliphatic hydroxyl groups is 1. The van der Waals surface area contributed by atoms with Gasteiger partial charge in [0.2, 0.25) is 10.0 Å². The molecule has 0 amide bonds. The molecule has 0 radical (unpaired) electrons. The Morgan fingerprint density at radius 3 is 2.63 bits per heavy atom. The minimum absolute atomic E-state index is 0.00230. The van der Waals surface area contributed by atoms with Crippen LogP contribution in [0.5, 0.6) is 5.75 Å². The number of aliphatic hydroxyl groups excluding tert-OH is 1. The number of sulfonamides is 1. The third-order valence-electron chi connectivity index (χ3n) is 3.40. The molecule has 0 spiro atoms. The van der Waals surface area contributed by atoms with Crippen LogP contribution in [-0.2, 0) is 16.6 Å². The van der Waals surface area contributed by atoms with Crippen LogP contribution >= 0.6 is 0 Å². The topological polar surface area (TPSA) is 75.6 Å². The van der Waals surface area contributed by atoms with Crippen molar-refractivity contribution in [3.63, 3.8) is 0 Å². The molecule has 0 aromatic heterocycles. The van der Waals surface area contributed by atoms with E-state index in [9.17, 15) is 8.42 Å². The van der Waals surface area contributed by atoms with E-state index in [4.69, 9.17) is 9.84 Å². The molecule has 106 valence electrons. The lowest BCUT2D eigenvalue weighted by Crippen LogP contribution is -2.43. The first-order valence-electron chi connectivity index (χ1n) is 6.26. The highest BCUT2D eigenvalue weighted by Crippen LogP contribution is 2.30. The summed E-state index contributed by atoms with van der Waals surface area (Å²) in [7, 11) is -2.18. The fourth-order valence-corrected chi connectivity index (χ4v) is 3.79. The van der Waals surface area contributed by atoms with Crippen molar-refractivity contribution < 1.29 is 18.3 Å². The number of rotatable bonds is 5. The zero-order valence-electron chi connectivity index (χ0n) is 11.1. The molecule has 2 N–H and O–H groups in total. The minimum atomic E-state index is -3.61. The second-order valence-electron chi connectivity index (χ2n) is 5.04. The molecule has 6 heteroatoms. The van der Waals surface area contributed by atoms with E-state index in [0.29, 0.717) is 11.5 Å². The number of hydrogen-bond acceptors (Lipinski definition) is 4. The van der Waals surface area contributed by atoms with E-state index in [1.54, 1.807) is 12.1 Å². The summed E-state index contributed by atoms with van der Waals surface area (Å²) in [6.45, 7) is 1.89. The molecule has 0 aliphatic heterocycles. The average Bonchev–Trinajstić information content (AvgIpc) is 2.36. The summed E-state index contributed by atoms with van der Waals surface area (Å²) in [6.07, 6.45) is 1.72. The Balaban J connectivity index is 2.27. The standard InChI is InChI=1S/C13H19NO4S/c1-9-5-11(6-9)14-19(16,17)13-7-10(8-15)3-4-12(13)18-2/h3-4,7,9,11,14-15H,5-6,8H2,1-2H3. The molecule has 1 aromatic rings. The van der Waals surface area contributed by atoms with Crippen LogP contribution in [-0.4, -0.2) is 26.7 Å². The van der Waals surface area contributed by atoms with Crippen molar-refractivity contribution in [2.24, 2.45) is 5.92 Å². The van der Waals surface area contributed by atoms with Crippen molar-refractivity contribution in [1.29, 1.82) is 0 Å². The molecule has 1 aliphatic rings. The Kier molecular flexibility index (Phi) is 4.13. The van der Waals surface area contributed by atoms with E-state index in [-0.39, 0.29) is 23.3 Å². The highest BCUT2D eigenvalue weighted by Gasteiger charge is 2.31. The summed E-state index contributed by atoms with van der Waals surface area (Å²) in [5, 5.41) is 9.11. The van der Waals surface area contributed by atoms with Crippen LogP contribution in [0.4, 0.5) is 0 Å². The first-order chi connectivity index (χ1) is 8.96. The van der Waals surface area contributed by atoms with Crippen LogP contribution in [0.3, 0.4) is 0 Å². The van der Waals surface area contributed by atoms with E-state index in [2.05, 4.69) is 11.6 Å². The highest BCUT2D eigenvalue weighted by atomic mass is 32.2. The zero-order chi connectivity index (χ0) is 14.0. The SMILES string of the molecule is COc1ccc(CO)cc1S(=O)(=O)NC1CC(C)C1. The van der Waals surface area contributed by atoms with Gasteiger partial charge in [-0.15, -0.1) is 0 Å². The maximum Gasteiger partial charge on any atom is 0.244 e. The highest BCUT2D eigenvalue weighted by molar-refractivity contribution is 7.89. The van der Waals surface area contributed by atoms with Crippen LogP contribution in [0.1, 0.15) is 25.3 Å². The Hall–Kier alpha value is -1.11. The average molecular weight is 285 g/mol. The monoisotopic (exact) mass is 285 g/mol. The third-order valence-corrected chi connectivity index (χ3v) is 4.94. The van der Waals surface area contributed by atoms with Crippen molar-refractivity contribution >= 4 is 10.0 Å². The molecule has 5 nitrogen and oxygen atoms in total. The maximum absolute atomic E-state index is 12.3. The van der Waals surface area contributed by atoms with Gasteiger partial charge in [-0.3, -0.25) is 0 Å². The molecule has 1 aromatic carbocycles. The molecule has 0 unspecified atom stereocenters. The summed E-state index contributed by atoms with van der Waals surface area (Å²) >= 11 is 0. The molecule has 1 saturated carbocycles. The van der Waals surface area contributed by atoms with Crippen LogP contribution in [0.2, 0.25) is 0 Å². The second kappa shape index (κ2) is 5.48. The van der Waals surface area contributed by atoms with Gasteiger partial charge in [-0.25, -0.2) is 13.1 Å². The molecule has 19 heavy (non-hydrogen) atoms. The van der Waals surface area contributed by atoms with Gasteiger partial charge < -0.3 is 9.84 Å². The van der Waals surface area contributed by atoms with Gasteiger partial charge in [0.05, 0.1) is 13.7 Å². The molecular formula is C13H19NO4S. The Morgan fingerprint density at radius 1 is 1.42 bits per heavy atom. The Morgan fingerprint density at radius 2 is 2.11 bits per heavy atom. The fraction of sp³-hybridized carbons (Fsp3) is 0.538. The largest absolute Gasteiger partial charge is 0.495 e. The molecular weight excluding hydrogens is 266 g/mol. The van der Waals surface area contributed by atoms with Crippen LogP contribution in [0.15, 0.2) is 23.1 Å². The van der Waals surface area contributed by atoms with E-state index in [1.165, 1.54) is 13.2 Å². The number of hydrogen-bond donors (Lipinski definition) is 2. The van der Waals surface area contributed by atoms with Crippen LogP contribution in [0.25, 0.3) is 0 Å². The molecule has 0 atom stereocenters. The summed E-state index contributed by atoms with van der Waals surface area (Å²) in [4.78, 5) is 0.0844. The van der Waals surface area contributed by atoms with Crippen molar-refractivity contribution in [2.75, 3.05) is 7.11 Å². The van der Waals surface area contributed by atoms with Gasteiger partial charge in [0.15, 0.2) is 0 Å². The van der Waals surface area contributed by atoms with Gasteiger partial charge >= 0.3 is 0 Å². The predicted molar refractivity (Wildman–Crippen MR) is 71.4 cm³/mol. The van der Waals surface area contributed by atoms with E-state index < -0.39 is 10.0 Å². The lowest BCUT2D eigenvalue weighted by atomic mass is 9.83. The molecule has 1 aliphatic carbocycles. The summed E-state index contributed by atoms with van der Waals surface area (Å²) in [6, 6.07) is 4.65. The Bertz CT molecular complexity index is 550. The van der Waals surface area contributed by atoms with Gasteiger partial charge in [0.1, 0.15) is 10.6 Å². The quantitative estimate of drug-likeness (QED) is 0.854. The Labute approximate surface area is 113 Å². The van der Waals surface area contributed by atoms with Gasteiger partial charge in [-0.1, -0.05) is 13.0 Å². The number of benzene rings is 1. The number of nitrogens with one attached hydrogen (secondary N) is 1. The summed E-state index contributed by atoms with van der Waals surface area (Å²) < 4.78 is 32.4. The van der Waals surface area contributed by atoms with Crippen molar-refractivity contribution in [3.8, 4) is 5.75 Å². The fourth-order valence-electron chi connectivity index (χ4n) is 2.31. The normalized spacial score (nSPS) is 22.9. The zero-order valence-corrected chi connectivity index (χ0v) is 11.9. The van der Waals surface area contributed by atoms with Gasteiger partial charge in [-0.05, 0) is 36.5 Å². The lowest BCUT2D eigenvalue weighted by Gasteiger charge is -2.33. The van der Waals surface area contributed by atoms with Crippen LogP contribution in [0, 0.1) is 5.92 Å². The smallest absolute Gasteiger partial charge is 0.244 e. The van der Waals surface area contributed by atoms with Gasteiger partial charge in [0, 0.05) is 6.04 Å². The van der Waals surface area contributed by atoms with Crippen molar-refractivity contribution in [2.45, 2.75) is 37.3 Å². The molecule has 0 saturated heterocycles. The summed E-state index contributed by atoms with van der Waals surface area (Å²) in [5.74, 6) is 0.857. The molecule has 1 fully saturated rings. The van der Waals surface area contributed by atoms with Crippen molar-refractivity contribution in [3.05, 3.63) is 23.8 Å². The number of ether oxygens (including phenoxy) is 1. The predicted octanol–water partition coefficient (Wildman–Crippen LogP) is 1.26. The lowest BCUT2D eigenvalue weighted by molar-refractivity contribution is 0.270. The molecule has 2 rings (SSSR count). The summed E-state index contributed by atoms with van der Waals surface area (Å²) in [5.41, 5.74) is 0.545. The minimum Gasteiger partial charge on any atom is -0.495 e. The molecule has 0 heterocycles.